The Kier molecular flexibility index (Phi) is 3.50. The van der Waals surface area contributed by atoms with Gasteiger partial charge in [-0.1, -0.05) is 19.4 Å². The molecule has 1 heterocycles. The van der Waals surface area contributed by atoms with E-state index < -0.39 is 6.10 Å². The van der Waals surface area contributed by atoms with Crippen molar-refractivity contribution in [2.24, 2.45) is 17.1 Å². The molecule has 1 aromatic heterocycles. The number of nitrogens with zero attached hydrogens (tertiary/aromatic N) is 1. The number of hydrogen-bond donors (Lipinski definition) is 2. The Bertz CT molecular complexity index is 376. The van der Waals surface area contributed by atoms with Crippen molar-refractivity contribution in [1.82, 2.24) is 4.98 Å². The number of aryl methyl sites for hydroxylation is 1. The molecule has 0 spiro atoms. The highest BCUT2D eigenvalue weighted by Gasteiger charge is 2.42. The molecule has 3 nitrogen and oxygen atoms in total. The molecule has 2 rings (SSSR count). The predicted octanol–water partition coefficient (Wildman–Crippen LogP) is 2.19. The molecule has 1 aromatic rings. The Labute approximate surface area is 103 Å². The Morgan fingerprint density at radius 2 is 2.35 bits per heavy atom. The molecule has 17 heavy (non-hydrogen) atoms. The minimum Gasteiger partial charge on any atom is -0.388 e. The summed E-state index contributed by atoms with van der Waals surface area (Å²) in [5.74, 6) is 0.659. The lowest BCUT2D eigenvalue weighted by atomic mass is 9.77. The van der Waals surface area contributed by atoms with Crippen LogP contribution in [-0.2, 0) is 0 Å². The minimum absolute atomic E-state index is 0.143. The van der Waals surface area contributed by atoms with Crippen LogP contribution in [0, 0.1) is 18.3 Å². The normalized spacial score (nSPS) is 30.5. The third-order valence-electron chi connectivity index (χ3n) is 4.13. The lowest BCUT2D eigenvalue weighted by molar-refractivity contribution is 0.0305. The summed E-state index contributed by atoms with van der Waals surface area (Å²) in [4.78, 5) is 4.26. The van der Waals surface area contributed by atoms with E-state index in [0.29, 0.717) is 12.5 Å². The number of aliphatic hydroxyl groups excluding tert-OH is 1. The van der Waals surface area contributed by atoms with Gasteiger partial charge in [-0.05, 0) is 37.3 Å². The van der Waals surface area contributed by atoms with Crippen molar-refractivity contribution in [3.8, 4) is 0 Å². The van der Waals surface area contributed by atoms with Crippen LogP contribution in [0.4, 0.5) is 0 Å². The lowest BCUT2D eigenvalue weighted by Crippen LogP contribution is -2.34. The third kappa shape index (κ3) is 2.35. The SMILES string of the molecule is Cc1ccc(C(O)C2(CN)CCC(C)C2)cn1. The third-order valence-corrected chi connectivity index (χ3v) is 4.13. The molecule has 1 saturated carbocycles. The van der Waals surface area contributed by atoms with Gasteiger partial charge in [0.15, 0.2) is 0 Å². The van der Waals surface area contributed by atoms with Gasteiger partial charge in [0.2, 0.25) is 0 Å². The number of rotatable bonds is 3. The topological polar surface area (TPSA) is 59.1 Å². The van der Waals surface area contributed by atoms with Crippen molar-refractivity contribution in [3.63, 3.8) is 0 Å². The molecular formula is C14H22N2O. The summed E-state index contributed by atoms with van der Waals surface area (Å²) in [7, 11) is 0. The average molecular weight is 234 g/mol. The fourth-order valence-corrected chi connectivity index (χ4v) is 2.97. The largest absolute Gasteiger partial charge is 0.388 e. The quantitative estimate of drug-likeness (QED) is 0.842. The highest BCUT2D eigenvalue weighted by molar-refractivity contribution is 5.19. The average Bonchev–Trinajstić information content (AvgIpc) is 2.72. The summed E-state index contributed by atoms with van der Waals surface area (Å²) in [5.41, 5.74) is 7.65. The second-order valence-corrected chi connectivity index (χ2v) is 5.55. The molecule has 3 heteroatoms. The van der Waals surface area contributed by atoms with Gasteiger partial charge in [-0.15, -0.1) is 0 Å². The van der Waals surface area contributed by atoms with Gasteiger partial charge in [0.25, 0.3) is 0 Å². The molecule has 0 saturated heterocycles. The van der Waals surface area contributed by atoms with Crippen LogP contribution < -0.4 is 5.73 Å². The van der Waals surface area contributed by atoms with Gasteiger partial charge in [0, 0.05) is 23.9 Å². The number of aromatic nitrogens is 1. The summed E-state index contributed by atoms with van der Waals surface area (Å²) in [6.45, 7) is 4.73. The molecule has 0 amide bonds. The maximum absolute atomic E-state index is 10.6. The van der Waals surface area contributed by atoms with Crippen molar-refractivity contribution in [3.05, 3.63) is 29.6 Å². The van der Waals surface area contributed by atoms with Gasteiger partial charge in [0.05, 0.1) is 6.10 Å². The molecule has 1 fully saturated rings. The molecule has 1 aliphatic rings. The van der Waals surface area contributed by atoms with Crippen LogP contribution in [0.5, 0.6) is 0 Å². The van der Waals surface area contributed by atoms with Crippen molar-refractivity contribution in [2.75, 3.05) is 6.54 Å². The van der Waals surface area contributed by atoms with E-state index in [2.05, 4.69) is 11.9 Å². The molecule has 3 atom stereocenters. The van der Waals surface area contributed by atoms with E-state index >= 15 is 0 Å². The number of aliphatic hydroxyl groups is 1. The fraction of sp³-hybridized carbons (Fsp3) is 0.643. The van der Waals surface area contributed by atoms with E-state index in [0.717, 1.165) is 30.5 Å². The molecule has 3 N–H and O–H groups in total. The van der Waals surface area contributed by atoms with E-state index in [-0.39, 0.29) is 5.41 Å². The monoisotopic (exact) mass is 234 g/mol. The van der Waals surface area contributed by atoms with E-state index in [9.17, 15) is 5.11 Å². The number of nitrogens with two attached hydrogens (primary N) is 1. The zero-order valence-electron chi connectivity index (χ0n) is 10.7. The number of pyridine rings is 1. The van der Waals surface area contributed by atoms with Crippen molar-refractivity contribution < 1.29 is 5.11 Å². The molecular weight excluding hydrogens is 212 g/mol. The first kappa shape index (κ1) is 12.5. The fourth-order valence-electron chi connectivity index (χ4n) is 2.97. The zero-order chi connectivity index (χ0) is 12.5. The van der Waals surface area contributed by atoms with Crippen LogP contribution in [-0.4, -0.2) is 16.6 Å². The van der Waals surface area contributed by atoms with Gasteiger partial charge >= 0.3 is 0 Å². The van der Waals surface area contributed by atoms with Crippen LogP contribution in [0.15, 0.2) is 18.3 Å². The Morgan fingerprint density at radius 3 is 2.82 bits per heavy atom. The van der Waals surface area contributed by atoms with Gasteiger partial charge in [0.1, 0.15) is 0 Å². The van der Waals surface area contributed by atoms with Crippen LogP contribution in [0.25, 0.3) is 0 Å². The summed E-state index contributed by atoms with van der Waals surface area (Å²) < 4.78 is 0. The van der Waals surface area contributed by atoms with Crippen LogP contribution in [0.3, 0.4) is 0 Å². The standard InChI is InChI=1S/C14H22N2O/c1-10-5-6-14(7-10,9-15)13(17)12-4-3-11(2)16-8-12/h3-4,8,10,13,17H,5-7,9,15H2,1-2H3. The maximum atomic E-state index is 10.6. The van der Waals surface area contributed by atoms with Gasteiger partial charge < -0.3 is 10.8 Å². The van der Waals surface area contributed by atoms with Crippen molar-refractivity contribution in [2.45, 2.75) is 39.2 Å². The number of hydrogen-bond acceptors (Lipinski definition) is 3. The summed E-state index contributed by atoms with van der Waals surface area (Å²) >= 11 is 0. The molecule has 94 valence electrons. The summed E-state index contributed by atoms with van der Waals surface area (Å²) in [6.07, 6.45) is 4.48. The van der Waals surface area contributed by atoms with E-state index in [1.807, 2.05) is 19.1 Å². The molecule has 3 unspecified atom stereocenters. The Morgan fingerprint density at radius 1 is 1.59 bits per heavy atom. The van der Waals surface area contributed by atoms with E-state index in [1.54, 1.807) is 6.20 Å². The molecule has 0 aromatic carbocycles. The van der Waals surface area contributed by atoms with E-state index in [1.165, 1.54) is 0 Å². The Balaban J connectivity index is 2.23. The maximum Gasteiger partial charge on any atom is 0.0873 e. The lowest BCUT2D eigenvalue weighted by Gasteiger charge is -2.33. The first-order valence-electron chi connectivity index (χ1n) is 6.38. The van der Waals surface area contributed by atoms with Crippen LogP contribution in [0.2, 0.25) is 0 Å². The van der Waals surface area contributed by atoms with Crippen LogP contribution in [0.1, 0.15) is 43.5 Å². The van der Waals surface area contributed by atoms with E-state index in [4.69, 9.17) is 5.73 Å². The van der Waals surface area contributed by atoms with Crippen LogP contribution >= 0.6 is 0 Å². The molecule has 0 radical (unpaired) electrons. The van der Waals surface area contributed by atoms with Crippen molar-refractivity contribution >= 4 is 0 Å². The first-order chi connectivity index (χ1) is 8.07. The summed E-state index contributed by atoms with van der Waals surface area (Å²) in [6, 6.07) is 3.91. The smallest absolute Gasteiger partial charge is 0.0873 e. The molecule has 0 aliphatic heterocycles. The molecule has 1 aliphatic carbocycles. The predicted molar refractivity (Wildman–Crippen MR) is 68.4 cm³/mol. The highest BCUT2D eigenvalue weighted by Crippen LogP contribution is 2.49. The zero-order valence-corrected chi connectivity index (χ0v) is 10.7. The summed E-state index contributed by atoms with van der Waals surface area (Å²) in [5, 5.41) is 10.6. The second kappa shape index (κ2) is 4.75. The van der Waals surface area contributed by atoms with Gasteiger partial charge in [-0.25, -0.2) is 0 Å². The van der Waals surface area contributed by atoms with Crippen molar-refractivity contribution in [1.29, 1.82) is 0 Å². The van der Waals surface area contributed by atoms with Gasteiger partial charge in [-0.3, -0.25) is 4.98 Å². The Hall–Kier alpha value is -0.930. The van der Waals surface area contributed by atoms with Gasteiger partial charge in [-0.2, -0.15) is 0 Å². The first-order valence-corrected chi connectivity index (χ1v) is 6.38. The minimum atomic E-state index is -0.481. The molecule has 0 bridgehead atoms. The highest BCUT2D eigenvalue weighted by atomic mass is 16.3. The second-order valence-electron chi connectivity index (χ2n) is 5.55.